The molecule has 2 nitrogen and oxygen atoms in total. The molecule has 0 saturated heterocycles. The summed E-state index contributed by atoms with van der Waals surface area (Å²) < 4.78 is 13.8. The molecule has 19 heavy (non-hydrogen) atoms. The van der Waals surface area contributed by atoms with E-state index in [0.717, 1.165) is 17.0 Å². The molecule has 0 fully saturated rings. The predicted molar refractivity (Wildman–Crippen MR) is 84.9 cm³/mol. The molecule has 0 aromatic heterocycles. The molecule has 1 N–H and O–H groups in total. The second-order valence-corrected chi connectivity index (χ2v) is 6.00. The van der Waals surface area contributed by atoms with Crippen molar-refractivity contribution in [2.75, 3.05) is 31.0 Å². The van der Waals surface area contributed by atoms with Crippen LogP contribution >= 0.6 is 11.8 Å². The minimum atomic E-state index is -0.133. The van der Waals surface area contributed by atoms with E-state index < -0.39 is 0 Å². The van der Waals surface area contributed by atoms with E-state index >= 15 is 0 Å². The molecule has 0 aliphatic carbocycles. The lowest BCUT2D eigenvalue weighted by Crippen LogP contribution is -2.32. The number of hydrogen-bond donors (Lipinski definition) is 1. The summed E-state index contributed by atoms with van der Waals surface area (Å²) in [6.07, 6.45) is 2.11. The van der Waals surface area contributed by atoms with Crippen LogP contribution in [0.3, 0.4) is 0 Å². The predicted octanol–water partition coefficient (Wildman–Crippen LogP) is 3.60. The normalized spacial score (nSPS) is 14.3. The number of rotatable bonds is 6. The SMILES string of the molecule is CNC(C)c1cc(F)c(C)cc1N(C)C(C)CSC. The Morgan fingerprint density at radius 1 is 1.37 bits per heavy atom. The van der Waals surface area contributed by atoms with Crippen molar-refractivity contribution in [1.29, 1.82) is 0 Å². The van der Waals surface area contributed by atoms with Gasteiger partial charge in [0.05, 0.1) is 0 Å². The summed E-state index contributed by atoms with van der Waals surface area (Å²) in [5.74, 6) is 0.923. The van der Waals surface area contributed by atoms with Crippen LogP contribution < -0.4 is 10.2 Å². The highest BCUT2D eigenvalue weighted by Crippen LogP contribution is 2.30. The van der Waals surface area contributed by atoms with Crippen LogP contribution in [-0.2, 0) is 0 Å². The fourth-order valence-corrected chi connectivity index (χ4v) is 2.79. The number of hydrogen-bond acceptors (Lipinski definition) is 3. The van der Waals surface area contributed by atoms with Crippen molar-refractivity contribution in [2.45, 2.75) is 32.9 Å². The van der Waals surface area contributed by atoms with Crippen molar-refractivity contribution in [3.63, 3.8) is 0 Å². The number of benzene rings is 1. The summed E-state index contributed by atoms with van der Waals surface area (Å²) in [7, 11) is 3.98. The van der Waals surface area contributed by atoms with Crippen LogP contribution in [0.4, 0.5) is 10.1 Å². The standard InChI is InChI=1S/C15H25FN2S/c1-10-7-15(18(5)11(2)9-19-6)13(8-14(10)16)12(3)17-4/h7-8,11-12,17H,9H2,1-6H3. The van der Waals surface area contributed by atoms with E-state index in [2.05, 4.69) is 37.4 Å². The molecule has 1 aromatic rings. The summed E-state index contributed by atoms with van der Waals surface area (Å²) in [5, 5.41) is 3.20. The van der Waals surface area contributed by atoms with Gasteiger partial charge in [-0.3, -0.25) is 0 Å². The average molecular weight is 284 g/mol. The van der Waals surface area contributed by atoms with Crippen LogP contribution in [0.2, 0.25) is 0 Å². The van der Waals surface area contributed by atoms with Crippen molar-refractivity contribution in [2.24, 2.45) is 0 Å². The van der Waals surface area contributed by atoms with E-state index in [1.54, 1.807) is 6.07 Å². The highest BCUT2D eigenvalue weighted by atomic mass is 32.2. The highest BCUT2D eigenvalue weighted by Gasteiger charge is 2.18. The van der Waals surface area contributed by atoms with Gasteiger partial charge in [-0.25, -0.2) is 4.39 Å². The maximum absolute atomic E-state index is 13.8. The Balaban J connectivity index is 3.20. The molecule has 2 unspecified atom stereocenters. The zero-order valence-corrected chi connectivity index (χ0v) is 13.6. The number of halogens is 1. The first-order valence-electron chi connectivity index (χ1n) is 6.61. The molecule has 2 atom stereocenters. The lowest BCUT2D eigenvalue weighted by atomic mass is 10.0. The smallest absolute Gasteiger partial charge is 0.126 e. The zero-order chi connectivity index (χ0) is 14.6. The Bertz CT molecular complexity index is 423. The molecule has 1 rings (SSSR count). The Labute approximate surface area is 120 Å². The molecule has 0 aliphatic heterocycles. The number of aryl methyl sites for hydroxylation is 1. The van der Waals surface area contributed by atoms with Gasteiger partial charge in [0, 0.05) is 30.6 Å². The summed E-state index contributed by atoms with van der Waals surface area (Å²) >= 11 is 1.83. The minimum Gasteiger partial charge on any atom is -0.371 e. The van der Waals surface area contributed by atoms with Crippen LogP contribution in [0.1, 0.15) is 31.0 Å². The second kappa shape index (κ2) is 7.15. The molecule has 0 bridgehead atoms. The average Bonchev–Trinajstić information content (AvgIpc) is 2.39. The molecule has 108 valence electrons. The molecule has 0 amide bonds. The third-order valence-corrected chi connectivity index (χ3v) is 4.47. The van der Waals surface area contributed by atoms with E-state index in [1.807, 2.05) is 31.8 Å². The van der Waals surface area contributed by atoms with Crippen LogP contribution in [0.25, 0.3) is 0 Å². The third kappa shape index (κ3) is 3.86. The third-order valence-electron chi connectivity index (χ3n) is 3.66. The topological polar surface area (TPSA) is 15.3 Å². The summed E-state index contributed by atoms with van der Waals surface area (Å²) in [6, 6.07) is 4.17. The first-order chi connectivity index (χ1) is 8.92. The lowest BCUT2D eigenvalue weighted by molar-refractivity contribution is 0.598. The van der Waals surface area contributed by atoms with Crippen LogP contribution in [0.15, 0.2) is 12.1 Å². The van der Waals surface area contributed by atoms with E-state index in [-0.39, 0.29) is 11.9 Å². The Hall–Kier alpha value is -0.740. The van der Waals surface area contributed by atoms with Crippen molar-refractivity contribution in [3.8, 4) is 0 Å². The number of nitrogens with one attached hydrogen (secondary N) is 1. The van der Waals surface area contributed by atoms with Gasteiger partial charge in [0.25, 0.3) is 0 Å². The number of anilines is 1. The lowest BCUT2D eigenvalue weighted by Gasteiger charge is -2.30. The van der Waals surface area contributed by atoms with Gasteiger partial charge in [-0.05, 0) is 57.3 Å². The van der Waals surface area contributed by atoms with Gasteiger partial charge < -0.3 is 10.2 Å². The van der Waals surface area contributed by atoms with E-state index in [1.165, 1.54) is 0 Å². The van der Waals surface area contributed by atoms with Crippen LogP contribution in [0, 0.1) is 12.7 Å². The van der Waals surface area contributed by atoms with Crippen LogP contribution in [-0.4, -0.2) is 32.1 Å². The van der Waals surface area contributed by atoms with Gasteiger partial charge in [0.1, 0.15) is 5.82 Å². The molecule has 1 aromatic carbocycles. The van der Waals surface area contributed by atoms with Gasteiger partial charge in [-0.15, -0.1) is 0 Å². The molecule has 0 aliphatic rings. The van der Waals surface area contributed by atoms with E-state index in [0.29, 0.717) is 11.6 Å². The quantitative estimate of drug-likeness (QED) is 0.859. The van der Waals surface area contributed by atoms with Crippen molar-refractivity contribution in [3.05, 3.63) is 29.1 Å². The summed E-state index contributed by atoms with van der Waals surface area (Å²) in [6.45, 7) is 6.07. The maximum Gasteiger partial charge on any atom is 0.126 e. The monoisotopic (exact) mass is 284 g/mol. The second-order valence-electron chi connectivity index (χ2n) is 5.09. The van der Waals surface area contributed by atoms with Gasteiger partial charge >= 0.3 is 0 Å². The zero-order valence-electron chi connectivity index (χ0n) is 12.7. The summed E-state index contributed by atoms with van der Waals surface area (Å²) in [5.41, 5.74) is 2.83. The first kappa shape index (κ1) is 16.3. The van der Waals surface area contributed by atoms with Gasteiger partial charge in [0.15, 0.2) is 0 Å². The Morgan fingerprint density at radius 3 is 2.53 bits per heavy atom. The van der Waals surface area contributed by atoms with Crippen molar-refractivity contribution >= 4 is 17.4 Å². The Morgan fingerprint density at radius 2 is 2.00 bits per heavy atom. The van der Waals surface area contributed by atoms with E-state index in [9.17, 15) is 4.39 Å². The van der Waals surface area contributed by atoms with Gasteiger partial charge in [-0.1, -0.05) is 0 Å². The Kier molecular flexibility index (Phi) is 6.14. The molecular weight excluding hydrogens is 259 g/mol. The van der Waals surface area contributed by atoms with Gasteiger partial charge in [0.2, 0.25) is 0 Å². The molecule has 4 heteroatoms. The number of thioether (sulfide) groups is 1. The fraction of sp³-hybridized carbons (Fsp3) is 0.600. The largest absolute Gasteiger partial charge is 0.371 e. The minimum absolute atomic E-state index is 0.133. The van der Waals surface area contributed by atoms with Crippen molar-refractivity contribution < 1.29 is 4.39 Å². The molecule has 0 spiro atoms. The number of nitrogens with zero attached hydrogens (tertiary/aromatic N) is 1. The summed E-state index contributed by atoms with van der Waals surface area (Å²) in [4.78, 5) is 2.24. The van der Waals surface area contributed by atoms with Crippen molar-refractivity contribution in [1.82, 2.24) is 5.32 Å². The molecule has 0 radical (unpaired) electrons. The van der Waals surface area contributed by atoms with Gasteiger partial charge in [-0.2, -0.15) is 11.8 Å². The first-order valence-corrected chi connectivity index (χ1v) is 8.00. The molecule has 0 heterocycles. The van der Waals surface area contributed by atoms with E-state index in [4.69, 9.17) is 0 Å². The molecular formula is C15H25FN2S. The molecule has 0 saturated carbocycles. The highest BCUT2D eigenvalue weighted by molar-refractivity contribution is 7.98. The van der Waals surface area contributed by atoms with Crippen LogP contribution in [0.5, 0.6) is 0 Å². The maximum atomic E-state index is 13.8. The fourth-order valence-electron chi connectivity index (χ4n) is 2.08.